The third kappa shape index (κ3) is 4.44. The van der Waals surface area contributed by atoms with Crippen molar-refractivity contribution in [3.8, 4) is 0 Å². The summed E-state index contributed by atoms with van der Waals surface area (Å²) in [6.07, 6.45) is -4.39. The van der Waals surface area contributed by atoms with E-state index in [4.69, 9.17) is 4.74 Å². The first-order valence-corrected chi connectivity index (χ1v) is 7.84. The lowest BCUT2D eigenvalue weighted by atomic mass is 10.1. The summed E-state index contributed by atoms with van der Waals surface area (Å²) in [4.78, 5) is 24.4. The molecule has 1 N–H and O–H groups in total. The van der Waals surface area contributed by atoms with Crippen molar-refractivity contribution in [3.05, 3.63) is 52.8 Å². The van der Waals surface area contributed by atoms with Crippen LogP contribution in [0.3, 0.4) is 0 Å². The van der Waals surface area contributed by atoms with Gasteiger partial charge in [-0.05, 0) is 32.0 Å². The summed E-state index contributed by atoms with van der Waals surface area (Å²) in [7, 11) is 1.65. The lowest BCUT2D eigenvalue weighted by Gasteiger charge is -2.12. The van der Waals surface area contributed by atoms with Gasteiger partial charge in [0, 0.05) is 29.7 Å². The molecule has 2 aromatic rings. The normalized spacial score (nSPS) is 11.3. The van der Waals surface area contributed by atoms with Crippen LogP contribution in [0.2, 0.25) is 0 Å². The predicted molar refractivity (Wildman–Crippen MR) is 90.6 cm³/mol. The van der Waals surface area contributed by atoms with E-state index in [1.165, 1.54) is 19.9 Å². The number of benzene rings is 1. The number of nitrogens with zero attached hydrogens (tertiary/aromatic N) is 1. The number of aromatic nitrogens is 1. The second-order valence-corrected chi connectivity index (χ2v) is 5.78. The molecule has 0 saturated carbocycles. The van der Waals surface area contributed by atoms with E-state index >= 15 is 0 Å². The molecule has 1 heterocycles. The van der Waals surface area contributed by atoms with Crippen LogP contribution in [-0.2, 0) is 11.3 Å². The van der Waals surface area contributed by atoms with Crippen LogP contribution in [0.1, 0.15) is 32.1 Å². The number of alkyl halides is 3. The minimum absolute atomic E-state index is 0.112. The van der Waals surface area contributed by atoms with Crippen LogP contribution in [-0.4, -0.2) is 36.2 Å². The van der Waals surface area contributed by atoms with Gasteiger partial charge in [-0.1, -0.05) is 12.1 Å². The number of halogens is 3. The summed E-state index contributed by atoms with van der Waals surface area (Å²) in [5.74, 6) is -1.24. The zero-order valence-electron chi connectivity index (χ0n) is 14.6. The SMILES string of the molecule is CNc1ccccc1C(=O)OCC(=O)c1cc(C)n(CC(F)(F)F)c1C. The molecular weight excluding hydrogens is 349 g/mol. The standard InChI is InChI=1S/C18H19F3N2O3/c1-11-8-14(12(2)23(11)10-18(19,20)21)16(24)9-26-17(25)13-6-4-5-7-15(13)22-3/h4-8,22H,9-10H2,1-3H3. The molecule has 2 rings (SSSR count). The highest BCUT2D eigenvalue weighted by molar-refractivity contribution is 6.01. The third-order valence-electron chi connectivity index (χ3n) is 3.96. The molecule has 5 nitrogen and oxygen atoms in total. The van der Waals surface area contributed by atoms with Crippen molar-refractivity contribution in [2.45, 2.75) is 26.6 Å². The van der Waals surface area contributed by atoms with Gasteiger partial charge in [-0.15, -0.1) is 0 Å². The van der Waals surface area contributed by atoms with E-state index in [0.29, 0.717) is 11.4 Å². The first-order valence-electron chi connectivity index (χ1n) is 7.84. The number of Topliss-reactive ketones (excluding diaryl/α,β-unsaturated/α-hetero) is 1. The number of anilines is 1. The molecule has 0 spiro atoms. The fraction of sp³-hybridized carbons (Fsp3) is 0.333. The molecule has 26 heavy (non-hydrogen) atoms. The topological polar surface area (TPSA) is 60.3 Å². The van der Waals surface area contributed by atoms with Crippen LogP contribution in [0, 0.1) is 13.8 Å². The first kappa shape index (κ1) is 19.6. The van der Waals surface area contributed by atoms with Crippen molar-refractivity contribution < 1.29 is 27.5 Å². The van der Waals surface area contributed by atoms with Crippen LogP contribution in [0.15, 0.2) is 30.3 Å². The predicted octanol–water partition coefficient (Wildman–Crippen LogP) is 3.75. The van der Waals surface area contributed by atoms with Gasteiger partial charge in [0.25, 0.3) is 0 Å². The molecular formula is C18H19F3N2O3. The number of carbonyl (C=O) groups is 2. The molecule has 0 aliphatic carbocycles. The fourth-order valence-electron chi connectivity index (χ4n) is 2.67. The van der Waals surface area contributed by atoms with Gasteiger partial charge in [0.05, 0.1) is 5.56 Å². The maximum Gasteiger partial charge on any atom is 0.406 e. The number of rotatable bonds is 6. The highest BCUT2D eigenvalue weighted by Gasteiger charge is 2.30. The van der Waals surface area contributed by atoms with E-state index in [1.54, 1.807) is 31.3 Å². The van der Waals surface area contributed by atoms with Crippen molar-refractivity contribution in [3.63, 3.8) is 0 Å². The minimum Gasteiger partial charge on any atom is -0.454 e. The Morgan fingerprint density at radius 2 is 1.81 bits per heavy atom. The summed E-state index contributed by atoms with van der Waals surface area (Å²) in [6.45, 7) is 1.20. The van der Waals surface area contributed by atoms with E-state index in [-0.39, 0.29) is 16.8 Å². The maximum absolute atomic E-state index is 12.6. The molecule has 0 unspecified atom stereocenters. The van der Waals surface area contributed by atoms with Gasteiger partial charge in [-0.3, -0.25) is 4.79 Å². The van der Waals surface area contributed by atoms with Gasteiger partial charge in [0.1, 0.15) is 6.54 Å². The molecule has 0 radical (unpaired) electrons. The van der Waals surface area contributed by atoms with Gasteiger partial charge >= 0.3 is 12.1 Å². The molecule has 8 heteroatoms. The number of hydrogen-bond donors (Lipinski definition) is 1. The first-order chi connectivity index (χ1) is 12.1. The Kier molecular flexibility index (Phi) is 5.74. The van der Waals surface area contributed by atoms with E-state index in [9.17, 15) is 22.8 Å². The van der Waals surface area contributed by atoms with Crippen molar-refractivity contribution >= 4 is 17.4 Å². The molecule has 0 saturated heterocycles. The third-order valence-corrected chi connectivity index (χ3v) is 3.96. The zero-order chi connectivity index (χ0) is 19.5. The average Bonchev–Trinajstić information content (AvgIpc) is 2.86. The van der Waals surface area contributed by atoms with E-state index in [1.807, 2.05) is 0 Å². The second kappa shape index (κ2) is 7.63. The zero-order valence-corrected chi connectivity index (χ0v) is 14.6. The number of ether oxygens (including phenoxy) is 1. The Morgan fingerprint density at radius 3 is 2.42 bits per heavy atom. The Morgan fingerprint density at radius 1 is 1.15 bits per heavy atom. The Balaban J connectivity index is 2.11. The van der Waals surface area contributed by atoms with Crippen LogP contribution in [0.4, 0.5) is 18.9 Å². The monoisotopic (exact) mass is 368 g/mol. The number of carbonyl (C=O) groups excluding carboxylic acids is 2. The van der Waals surface area contributed by atoms with E-state index in [0.717, 1.165) is 4.57 Å². The summed E-state index contributed by atoms with van der Waals surface area (Å²) >= 11 is 0. The summed E-state index contributed by atoms with van der Waals surface area (Å²) in [6, 6.07) is 8.00. The van der Waals surface area contributed by atoms with Gasteiger partial charge < -0.3 is 14.6 Å². The number of aryl methyl sites for hydroxylation is 1. The van der Waals surface area contributed by atoms with Crippen molar-refractivity contribution in [1.82, 2.24) is 4.57 Å². The molecule has 0 amide bonds. The lowest BCUT2D eigenvalue weighted by molar-refractivity contribution is -0.141. The number of para-hydroxylation sites is 1. The van der Waals surface area contributed by atoms with Crippen LogP contribution in [0.5, 0.6) is 0 Å². The Bertz CT molecular complexity index is 826. The highest BCUT2D eigenvalue weighted by Crippen LogP contribution is 2.23. The molecule has 0 aliphatic heterocycles. The smallest absolute Gasteiger partial charge is 0.406 e. The fourth-order valence-corrected chi connectivity index (χ4v) is 2.67. The molecule has 0 aliphatic rings. The molecule has 0 bridgehead atoms. The molecule has 0 atom stereocenters. The van der Waals surface area contributed by atoms with Gasteiger partial charge in [-0.25, -0.2) is 4.79 Å². The summed E-state index contributed by atoms with van der Waals surface area (Å²) < 4.78 is 44.0. The second-order valence-electron chi connectivity index (χ2n) is 5.78. The van der Waals surface area contributed by atoms with Crippen molar-refractivity contribution in [2.24, 2.45) is 0 Å². The maximum atomic E-state index is 12.6. The molecule has 140 valence electrons. The van der Waals surface area contributed by atoms with E-state index in [2.05, 4.69) is 5.32 Å². The number of nitrogens with one attached hydrogen (secondary N) is 1. The molecule has 1 aromatic carbocycles. The quantitative estimate of drug-likeness (QED) is 0.623. The van der Waals surface area contributed by atoms with E-state index < -0.39 is 31.1 Å². The Labute approximate surface area is 148 Å². The minimum atomic E-state index is -4.39. The van der Waals surface area contributed by atoms with Crippen molar-refractivity contribution in [1.29, 1.82) is 0 Å². The number of esters is 1. The highest BCUT2D eigenvalue weighted by atomic mass is 19.4. The lowest BCUT2D eigenvalue weighted by Crippen LogP contribution is -2.20. The molecule has 0 fully saturated rings. The van der Waals surface area contributed by atoms with Crippen LogP contribution >= 0.6 is 0 Å². The van der Waals surface area contributed by atoms with Gasteiger partial charge in [0.2, 0.25) is 5.78 Å². The summed E-state index contributed by atoms with van der Waals surface area (Å²) in [5, 5.41) is 2.84. The number of hydrogen-bond acceptors (Lipinski definition) is 4. The van der Waals surface area contributed by atoms with Crippen LogP contribution in [0.25, 0.3) is 0 Å². The Hall–Kier alpha value is -2.77. The number of ketones is 1. The largest absolute Gasteiger partial charge is 0.454 e. The van der Waals surface area contributed by atoms with Gasteiger partial charge in [0.15, 0.2) is 6.61 Å². The molecule has 1 aromatic heterocycles. The average molecular weight is 368 g/mol. The van der Waals surface area contributed by atoms with Crippen molar-refractivity contribution in [2.75, 3.05) is 19.0 Å². The van der Waals surface area contributed by atoms with Gasteiger partial charge in [-0.2, -0.15) is 13.2 Å². The van der Waals surface area contributed by atoms with Crippen LogP contribution < -0.4 is 5.32 Å². The summed E-state index contributed by atoms with van der Waals surface area (Å²) in [5.41, 5.74) is 1.44.